The molecule has 1 atom stereocenters. The summed E-state index contributed by atoms with van der Waals surface area (Å²) in [5.74, 6) is -0.515. The molecule has 3 rings (SSSR count). The van der Waals surface area contributed by atoms with Crippen LogP contribution in [-0.4, -0.2) is 34.1 Å². The number of amides is 1. The molecule has 9 heteroatoms. The Labute approximate surface area is 215 Å². The summed E-state index contributed by atoms with van der Waals surface area (Å²) in [6.45, 7) is 1.76. The van der Waals surface area contributed by atoms with Gasteiger partial charge in [0.05, 0.1) is 6.61 Å². The standard InChI is InChI=1S/C25H24NO4PS3/c1-2-29-23(27)18-26(24(28)30-19-20-12-6-3-7-13-20)25(31-32,33-21-14-8-4-9-15-21)34-22-16-10-5-11-17-22/h3-17H,2,18-19H2,1H3/p+1. The summed E-state index contributed by atoms with van der Waals surface area (Å²) < 4.78 is 9.85. The van der Waals surface area contributed by atoms with Crippen LogP contribution in [0.1, 0.15) is 12.5 Å². The molecule has 0 radical (unpaired) electrons. The number of ether oxygens (including phenoxy) is 2. The Kier molecular flexibility index (Phi) is 10.4. The Morgan fingerprint density at radius 2 is 1.35 bits per heavy atom. The molecule has 3 aromatic carbocycles. The third-order valence-electron chi connectivity index (χ3n) is 4.50. The molecule has 3 aromatic rings. The normalized spacial score (nSPS) is 11.1. The highest BCUT2D eigenvalue weighted by molar-refractivity contribution is 8.27. The second kappa shape index (κ2) is 13.5. The summed E-state index contributed by atoms with van der Waals surface area (Å²) in [6, 6.07) is 28.8. The van der Waals surface area contributed by atoms with Crippen LogP contribution in [0.25, 0.3) is 0 Å². The van der Waals surface area contributed by atoms with E-state index in [1.54, 1.807) is 6.92 Å². The summed E-state index contributed by atoms with van der Waals surface area (Å²) >= 11 is 8.53. The van der Waals surface area contributed by atoms with Crippen LogP contribution >= 0.6 is 30.9 Å². The first kappa shape index (κ1) is 26.2. The van der Waals surface area contributed by atoms with Crippen LogP contribution in [0, 0.1) is 0 Å². The molecule has 5 nitrogen and oxygen atoms in total. The molecule has 0 aliphatic heterocycles. The smallest absolute Gasteiger partial charge is 0.415 e. The highest BCUT2D eigenvalue weighted by Crippen LogP contribution is 2.55. The molecule has 0 spiro atoms. The highest BCUT2D eigenvalue weighted by Gasteiger charge is 2.50. The SMILES string of the molecule is CCOC(=O)CN(C(=O)OCc1ccccc1)C([PH+]=S)(Sc1ccccc1)Sc1ccccc1. The van der Waals surface area contributed by atoms with E-state index in [4.69, 9.17) is 21.3 Å². The lowest BCUT2D eigenvalue weighted by Gasteiger charge is -2.32. The van der Waals surface area contributed by atoms with Crippen LogP contribution in [0.3, 0.4) is 0 Å². The molecule has 0 saturated carbocycles. The van der Waals surface area contributed by atoms with Gasteiger partial charge in [-0.15, -0.1) is 0 Å². The fourth-order valence-corrected chi connectivity index (χ4v) is 7.82. The Balaban J connectivity index is 1.98. The molecular weight excluding hydrogens is 505 g/mol. The van der Waals surface area contributed by atoms with Gasteiger partial charge < -0.3 is 9.47 Å². The van der Waals surface area contributed by atoms with Gasteiger partial charge in [0.2, 0.25) is 7.36 Å². The number of esters is 1. The van der Waals surface area contributed by atoms with Crippen LogP contribution in [-0.2, 0) is 32.7 Å². The predicted octanol–water partition coefficient (Wildman–Crippen LogP) is 6.52. The van der Waals surface area contributed by atoms with Gasteiger partial charge in [-0.25, -0.2) is 9.69 Å². The number of carbonyl (C=O) groups excluding carboxylic acids is 2. The summed E-state index contributed by atoms with van der Waals surface area (Å²) in [7, 11) is -0.158. The summed E-state index contributed by atoms with van der Waals surface area (Å²) in [6.07, 6.45) is -0.624. The minimum absolute atomic E-state index is 0.0849. The van der Waals surface area contributed by atoms with E-state index < -0.39 is 16.0 Å². The van der Waals surface area contributed by atoms with E-state index in [-0.39, 0.29) is 27.1 Å². The number of carbonyl (C=O) groups is 2. The Bertz CT molecular complexity index is 1030. The average molecular weight is 531 g/mol. The number of hydrogen-bond acceptors (Lipinski definition) is 7. The van der Waals surface area contributed by atoms with Crippen LogP contribution in [0.15, 0.2) is 101 Å². The molecule has 0 aliphatic carbocycles. The summed E-state index contributed by atoms with van der Waals surface area (Å²) in [5, 5.41) is 0. The Morgan fingerprint density at radius 3 is 1.82 bits per heavy atom. The van der Waals surface area contributed by atoms with Crippen molar-refractivity contribution in [2.75, 3.05) is 13.2 Å². The molecule has 0 fully saturated rings. The van der Waals surface area contributed by atoms with Gasteiger partial charge in [0.15, 0.2) is 11.8 Å². The van der Waals surface area contributed by atoms with E-state index >= 15 is 0 Å². The molecule has 0 N–H and O–H groups in total. The fraction of sp³-hybridized carbons (Fsp3) is 0.200. The molecule has 34 heavy (non-hydrogen) atoms. The first-order chi connectivity index (χ1) is 16.6. The minimum atomic E-state index is -1.00. The molecule has 0 bridgehead atoms. The van der Waals surface area contributed by atoms with Crippen LogP contribution in [0.5, 0.6) is 0 Å². The van der Waals surface area contributed by atoms with Gasteiger partial charge in [-0.2, -0.15) is 0 Å². The molecule has 0 aromatic heterocycles. The maximum atomic E-state index is 13.5. The molecule has 0 heterocycles. The number of nitrogens with zero attached hydrogens (tertiary/aromatic N) is 1. The summed E-state index contributed by atoms with van der Waals surface area (Å²) in [4.78, 5) is 29.3. The molecule has 0 aliphatic rings. The van der Waals surface area contributed by atoms with E-state index in [1.165, 1.54) is 28.4 Å². The first-order valence-electron chi connectivity index (χ1n) is 10.6. The van der Waals surface area contributed by atoms with Crippen LogP contribution in [0.4, 0.5) is 4.79 Å². The van der Waals surface area contributed by atoms with Gasteiger partial charge in [0.1, 0.15) is 13.2 Å². The number of hydrogen-bond donors (Lipinski definition) is 0. The van der Waals surface area contributed by atoms with E-state index in [0.717, 1.165) is 15.4 Å². The number of rotatable bonds is 11. The average Bonchev–Trinajstić information content (AvgIpc) is 2.87. The molecule has 1 unspecified atom stereocenters. The lowest BCUT2D eigenvalue weighted by molar-refractivity contribution is -0.144. The van der Waals surface area contributed by atoms with Crippen molar-refractivity contribution < 1.29 is 19.1 Å². The Hall–Kier alpha value is -2.38. The van der Waals surface area contributed by atoms with E-state index in [2.05, 4.69) is 0 Å². The van der Waals surface area contributed by atoms with Crippen molar-refractivity contribution in [3.63, 3.8) is 0 Å². The number of benzene rings is 3. The third kappa shape index (κ3) is 7.57. The van der Waals surface area contributed by atoms with Gasteiger partial charge >= 0.3 is 16.0 Å². The highest BCUT2D eigenvalue weighted by atomic mass is 32.4. The van der Waals surface area contributed by atoms with Crippen molar-refractivity contribution in [2.45, 2.75) is 27.3 Å². The van der Waals surface area contributed by atoms with Gasteiger partial charge in [-0.05, 0) is 60.3 Å². The lowest BCUT2D eigenvalue weighted by Crippen LogP contribution is -2.47. The maximum absolute atomic E-state index is 13.5. The zero-order valence-electron chi connectivity index (χ0n) is 18.6. The lowest BCUT2D eigenvalue weighted by atomic mass is 10.2. The van der Waals surface area contributed by atoms with Crippen molar-refractivity contribution >= 4 is 54.7 Å². The van der Waals surface area contributed by atoms with Crippen molar-refractivity contribution in [2.24, 2.45) is 0 Å². The second-order valence-electron chi connectivity index (χ2n) is 6.95. The topological polar surface area (TPSA) is 55.8 Å². The first-order valence-corrected chi connectivity index (χ1v) is 14.3. The molecular formula is C25H25NO4PS3+. The number of thioether (sulfide) groups is 2. The zero-order valence-corrected chi connectivity index (χ0v) is 22.0. The largest absolute Gasteiger partial charge is 0.465 e. The fourth-order valence-electron chi connectivity index (χ4n) is 2.95. The molecule has 0 saturated heterocycles. The predicted molar refractivity (Wildman–Crippen MR) is 143 cm³/mol. The van der Waals surface area contributed by atoms with Gasteiger partial charge in [-0.3, -0.25) is 4.79 Å². The summed E-state index contributed by atoms with van der Waals surface area (Å²) in [5.41, 5.74) is 0.852. The van der Waals surface area contributed by atoms with Crippen LogP contribution < -0.4 is 0 Å². The van der Waals surface area contributed by atoms with Gasteiger partial charge in [0.25, 0.3) is 0 Å². The quantitative estimate of drug-likeness (QED) is 0.121. The zero-order chi connectivity index (χ0) is 24.2. The van der Waals surface area contributed by atoms with Crippen molar-refractivity contribution in [3.05, 3.63) is 96.6 Å². The van der Waals surface area contributed by atoms with Crippen molar-refractivity contribution in [1.29, 1.82) is 0 Å². The minimum Gasteiger partial charge on any atom is -0.465 e. The van der Waals surface area contributed by atoms with Gasteiger partial charge in [0, 0.05) is 9.79 Å². The van der Waals surface area contributed by atoms with E-state index in [1.807, 2.05) is 91.0 Å². The van der Waals surface area contributed by atoms with E-state index in [0.29, 0.717) is 0 Å². The maximum Gasteiger partial charge on any atom is 0.415 e. The second-order valence-corrected chi connectivity index (χ2v) is 12.0. The van der Waals surface area contributed by atoms with E-state index in [9.17, 15) is 9.59 Å². The Morgan fingerprint density at radius 1 is 0.853 bits per heavy atom. The molecule has 1 amide bonds. The van der Waals surface area contributed by atoms with Crippen molar-refractivity contribution in [1.82, 2.24) is 4.90 Å². The molecule has 176 valence electrons. The van der Waals surface area contributed by atoms with Gasteiger partial charge in [-0.1, -0.05) is 66.7 Å². The van der Waals surface area contributed by atoms with Crippen molar-refractivity contribution in [3.8, 4) is 0 Å². The van der Waals surface area contributed by atoms with Crippen LogP contribution in [0.2, 0.25) is 0 Å². The third-order valence-corrected chi connectivity index (χ3v) is 10.4. The monoisotopic (exact) mass is 530 g/mol.